The molecule has 1 aromatic carbocycles. The molecule has 8 heteroatoms. The Kier molecular flexibility index (Phi) is 10.0. The maximum atomic E-state index is 12.5. The summed E-state index contributed by atoms with van der Waals surface area (Å²) in [6.45, 7) is 7.76. The predicted octanol–water partition coefficient (Wildman–Crippen LogP) is 2.32. The number of rotatable bonds is 10. The van der Waals surface area contributed by atoms with Crippen molar-refractivity contribution in [2.24, 2.45) is 11.8 Å². The first-order valence-corrected chi connectivity index (χ1v) is 9.96. The zero-order valence-electron chi connectivity index (χ0n) is 18.5. The fourth-order valence-corrected chi connectivity index (χ4v) is 2.91. The first-order chi connectivity index (χ1) is 14.1. The summed E-state index contributed by atoms with van der Waals surface area (Å²) in [5, 5.41) is 5.33. The third kappa shape index (κ3) is 7.85. The molecule has 0 heterocycles. The van der Waals surface area contributed by atoms with Crippen molar-refractivity contribution in [3.8, 4) is 0 Å². The van der Waals surface area contributed by atoms with Gasteiger partial charge in [0.1, 0.15) is 12.1 Å². The number of methoxy groups -OCH3 is 2. The van der Waals surface area contributed by atoms with Crippen molar-refractivity contribution < 1.29 is 28.7 Å². The molecule has 1 rings (SSSR count). The number of nitrogens with one attached hydrogen (secondary N) is 2. The van der Waals surface area contributed by atoms with Crippen LogP contribution in [0, 0.1) is 11.8 Å². The summed E-state index contributed by atoms with van der Waals surface area (Å²) in [5.74, 6) is -1.52. The molecule has 2 atom stereocenters. The van der Waals surface area contributed by atoms with E-state index in [-0.39, 0.29) is 11.8 Å². The smallest absolute Gasteiger partial charge is 0.328 e. The lowest BCUT2D eigenvalue weighted by molar-refractivity contribution is -0.144. The van der Waals surface area contributed by atoms with E-state index in [4.69, 9.17) is 9.47 Å². The molecule has 166 valence electrons. The first-order valence-electron chi connectivity index (χ1n) is 9.96. The van der Waals surface area contributed by atoms with E-state index in [1.807, 2.05) is 27.7 Å². The highest BCUT2D eigenvalue weighted by Gasteiger charge is 2.25. The van der Waals surface area contributed by atoms with E-state index in [0.29, 0.717) is 24.0 Å². The normalized spacial score (nSPS) is 12.8. The molecule has 0 aliphatic heterocycles. The van der Waals surface area contributed by atoms with Gasteiger partial charge in [0.2, 0.25) is 0 Å². The molecule has 0 bridgehead atoms. The topological polar surface area (TPSA) is 111 Å². The van der Waals surface area contributed by atoms with Gasteiger partial charge in [-0.05, 0) is 48.9 Å². The van der Waals surface area contributed by atoms with Crippen LogP contribution in [0.1, 0.15) is 61.3 Å². The maximum absolute atomic E-state index is 12.5. The van der Waals surface area contributed by atoms with Gasteiger partial charge in [-0.3, -0.25) is 9.59 Å². The minimum Gasteiger partial charge on any atom is -0.467 e. The van der Waals surface area contributed by atoms with E-state index in [1.54, 1.807) is 0 Å². The molecule has 0 aliphatic rings. The monoisotopic (exact) mass is 420 g/mol. The molecule has 0 saturated heterocycles. The Morgan fingerprint density at radius 2 is 1.00 bits per heavy atom. The van der Waals surface area contributed by atoms with Crippen LogP contribution in [0.4, 0.5) is 0 Å². The molecule has 8 nitrogen and oxygen atoms in total. The van der Waals surface area contributed by atoms with Gasteiger partial charge < -0.3 is 20.1 Å². The quantitative estimate of drug-likeness (QED) is 0.562. The van der Waals surface area contributed by atoms with Crippen LogP contribution in [0.2, 0.25) is 0 Å². The molecule has 30 heavy (non-hydrogen) atoms. The van der Waals surface area contributed by atoms with Crippen molar-refractivity contribution in [2.45, 2.75) is 52.6 Å². The van der Waals surface area contributed by atoms with Crippen molar-refractivity contribution in [3.05, 3.63) is 35.4 Å². The Morgan fingerprint density at radius 1 is 0.700 bits per heavy atom. The largest absolute Gasteiger partial charge is 0.467 e. The average Bonchev–Trinajstić information content (AvgIpc) is 2.70. The van der Waals surface area contributed by atoms with Crippen LogP contribution >= 0.6 is 0 Å². The third-order valence-electron chi connectivity index (χ3n) is 4.41. The van der Waals surface area contributed by atoms with E-state index in [1.165, 1.54) is 38.5 Å². The lowest BCUT2D eigenvalue weighted by atomic mass is 10.0. The molecule has 2 amide bonds. The van der Waals surface area contributed by atoms with Crippen LogP contribution in [0.25, 0.3) is 0 Å². The molecule has 2 N–H and O–H groups in total. The van der Waals surface area contributed by atoms with Crippen LogP contribution in [0.15, 0.2) is 24.3 Å². The number of benzene rings is 1. The summed E-state index contributed by atoms with van der Waals surface area (Å²) in [7, 11) is 2.55. The van der Waals surface area contributed by atoms with Gasteiger partial charge in [-0.1, -0.05) is 27.7 Å². The van der Waals surface area contributed by atoms with Crippen molar-refractivity contribution in [2.75, 3.05) is 14.2 Å². The molecule has 0 radical (unpaired) electrons. The van der Waals surface area contributed by atoms with Gasteiger partial charge in [0.15, 0.2) is 0 Å². The highest BCUT2D eigenvalue weighted by molar-refractivity contribution is 6.00. The molecular formula is C22H32N2O6. The summed E-state index contributed by atoms with van der Waals surface area (Å²) in [6.07, 6.45) is 0.896. The standard InChI is InChI=1S/C22H32N2O6/c1-13(2)11-17(21(27)29-5)23-19(25)15-7-9-16(10-8-15)20(26)24-18(12-14(3)4)22(28)30-6/h7-10,13-14,17-18H,11-12H2,1-6H3,(H,23,25)(H,24,26)/t17-,18-/m1/s1. The van der Waals surface area contributed by atoms with Crippen molar-refractivity contribution >= 4 is 23.8 Å². The van der Waals surface area contributed by atoms with E-state index < -0.39 is 35.8 Å². The van der Waals surface area contributed by atoms with Crippen LogP contribution < -0.4 is 10.6 Å². The lowest BCUT2D eigenvalue weighted by Crippen LogP contribution is -2.42. The second-order valence-electron chi connectivity index (χ2n) is 7.93. The van der Waals surface area contributed by atoms with E-state index in [9.17, 15) is 19.2 Å². The summed E-state index contributed by atoms with van der Waals surface area (Å²) in [5.41, 5.74) is 0.604. The molecule has 1 aromatic rings. The number of ether oxygens (including phenoxy) is 2. The Labute approximate surface area is 177 Å². The van der Waals surface area contributed by atoms with Crippen LogP contribution in [-0.4, -0.2) is 50.1 Å². The molecule has 0 saturated carbocycles. The average molecular weight is 421 g/mol. The zero-order valence-corrected chi connectivity index (χ0v) is 18.5. The lowest BCUT2D eigenvalue weighted by Gasteiger charge is -2.19. The number of esters is 2. The number of carbonyl (C=O) groups excluding carboxylic acids is 4. The Hall–Kier alpha value is -2.90. The van der Waals surface area contributed by atoms with Gasteiger partial charge in [-0.25, -0.2) is 9.59 Å². The van der Waals surface area contributed by atoms with Crippen molar-refractivity contribution in [3.63, 3.8) is 0 Å². The third-order valence-corrected chi connectivity index (χ3v) is 4.41. The molecule has 0 fully saturated rings. The van der Waals surface area contributed by atoms with Gasteiger partial charge in [0, 0.05) is 11.1 Å². The molecule has 0 aliphatic carbocycles. The first kappa shape index (κ1) is 25.1. The van der Waals surface area contributed by atoms with Crippen LogP contribution in [0.3, 0.4) is 0 Å². The second kappa shape index (κ2) is 11.9. The molecule has 0 unspecified atom stereocenters. The minimum atomic E-state index is -0.748. The van der Waals surface area contributed by atoms with E-state index >= 15 is 0 Å². The van der Waals surface area contributed by atoms with Gasteiger partial charge in [0.05, 0.1) is 14.2 Å². The Balaban J connectivity index is 2.85. The molecule has 0 spiro atoms. The van der Waals surface area contributed by atoms with Crippen LogP contribution in [0.5, 0.6) is 0 Å². The highest BCUT2D eigenvalue weighted by atomic mass is 16.5. The van der Waals surface area contributed by atoms with Gasteiger partial charge in [0.25, 0.3) is 11.8 Å². The van der Waals surface area contributed by atoms with Crippen molar-refractivity contribution in [1.29, 1.82) is 0 Å². The van der Waals surface area contributed by atoms with Gasteiger partial charge in [-0.2, -0.15) is 0 Å². The summed E-state index contributed by atoms with van der Waals surface area (Å²) in [4.78, 5) is 48.7. The predicted molar refractivity (Wildman–Crippen MR) is 112 cm³/mol. The second-order valence-corrected chi connectivity index (χ2v) is 7.93. The maximum Gasteiger partial charge on any atom is 0.328 e. The van der Waals surface area contributed by atoms with Crippen molar-refractivity contribution in [1.82, 2.24) is 10.6 Å². The van der Waals surface area contributed by atoms with Gasteiger partial charge >= 0.3 is 11.9 Å². The van der Waals surface area contributed by atoms with E-state index in [2.05, 4.69) is 10.6 Å². The number of hydrogen-bond donors (Lipinski definition) is 2. The van der Waals surface area contributed by atoms with Crippen LogP contribution in [-0.2, 0) is 19.1 Å². The Bertz CT molecular complexity index is 679. The number of hydrogen-bond acceptors (Lipinski definition) is 6. The fraction of sp³-hybridized carbons (Fsp3) is 0.545. The fourth-order valence-electron chi connectivity index (χ4n) is 2.91. The van der Waals surface area contributed by atoms with Gasteiger partial charge in [-0.15, -0.1) is 0 Å². The summed E-state index contributed by atoms with van der Waals surface area (Å²) in [6, 6.07) is 4.46. The number of amides is 2. The molecule has 0 aromatic heterocycles. The summed E-state index contributed by atoms with van der Waals surface area (Å²) < 4.78 is 9.50. The molecular weight excluding hydrogens is 388 g/mol. The minimum absolute atomic E-state index is 0.189. The van der Waals surface area contributed by atoms with E-state index in [0.717, 1.165) is 0 Å². The Morgan fingerprint density at radius 3 is 1.23 bits per heavy atom. The summed E-state index contributed by atoms with van der Waals surface area (Å²) >= 11 is 0. The zero-order chi connectivity index (χ0) is 22.8. The SMILES string of the molecule is COC(=O)[C@@H](CC(C)C)NC(=O)c1ccc(C(=O)N[C@H](CC(C)C)C(=O)OC)cc1. The number of carbonyl (C=O) groups is 4. The highest BCUT2D eigenvalue weighted by Crippen LogP contribution is 2.11.